The molecule has 0 fully saturated rings. The van der Waals surface area contributed by atoms with E-state index in [1.807, 2.05) is 24.3 Å². The molecule has 1 rings (SSSR count). The number of methoxy groups -OCH3 is 1. The Morgan fingerprint density at radius 3 is 2.44 bits per heavy atom. The van der Waals surface area contributed by atoms with Gasteiger partial charge in [0.1, 0.15) is 11.8 Å². The fraction of sp³-hybridized carbons (Fsp3) is 0.462. The fourth-order valence-electron chi connectivity index (χ4n) is 1.41. The Kier molecular flexibility index (Phi) is 4.81. The number of hydrogen-bond acceptors (Lipinski definition) is 3. The van der Waals surface area contributed by atoms with Crippen LogP contribution in [-0.4, -0.2) is 13.2 Å². The molecule has 0 saturated heterocycles. The Bertz CT molecular complexity index is 353. The SMILES string of the molecule is CCC(C)NC(C#N)c1ccc(OC)cc1. The second-order valence-electron chi connectivity index (χ2n) is 3.81. The standard InChI is InChI=1S/C13H18N2O/c1-4-10(2)15-13(9-14)11-5-7-12(16-3)8-6-11/h5-8,10,13,15H,4H2,1-3H3. The minimum Gasteiger partial charge on any atom is -0.497 e. The highest BCUT2D eigenvalue weighted by molar-refractivity contribution is 5.31. The van der Waals surface area contributed by atoms with Crippen molar-refractivity contribution in [2.75, 3.05) is 7.11 Å². The summed E-state index contributed by atoms with van der Waals surface area (Å²) in [5, 5.41) is 12.4. The molecule has 0 amide bonds. The van der Waals surface area contributed by atoms with Crippen LogP contribution in [0.5, 0.6) is 5.75 Å². The second kappa shape index (κ2) is 6.14. The fourth-order valence-corrected chi connectivity index (χ4v) is 1.41. The summed E-state index contributed by atoms with van der Waals surface area (Å²) in [6.07, 6.45) is 1.01. The van der Waals surface area contributed by atoms with Gasteiger partial charge in [0, 0.05) is 6.04 Å². The van der Waals surface area contributed by atoms with Crippen molar-refractivity contribution in [1.29, 1.82) is 5.26 Å². The predicted molar refractivity (Wildman–Crippen MR) is 64.2 cm³/mol. The van der Waals surface area contributed by atoms with Crippen molar-refractivity contribution in [2.24, 2.45) is 0 Å². The van der Waals surface area contributed by atoms with Gasteiger partial charge in [-0.1, -0.05) is 19.1 Å². The van der Waals surface area contributed by atoms with Crippen LogP contribution >= 0.6 is 0 Å². The first-order valence-electron chi connectivity index (χ1n) is 5.50. The second-order valence-corrected chi connectivity index (χ2v) is 3.81. The zero-order valence-electron chi connectivity index (χ0n) is 10.0. The molecule has 0 bridgehead atoms. The molecule has 0 radical (unpaired) electrons. The van der Waals surface area contributed by atoms with Crippen LogP contribution < -0.4 is 10.1 Å². The summed E-state index contributed by atoms with van der Waals surface area (Å²) in [4.78, 5) is 0. The summed E-state index contributed by atoms with van der Waals surface area (Å²) in [7, 11) is 1.63. The van der Waals surface area contributed by atoms with Crippen molar-refractivity contribution in [1.82, 2.24) is 5.32 Å². The van der Waals surface area contributed by atoms with Crippen molar-refractivity contribution < 1.29 is 4.74 Å². The summed E-state index contributed by atoms with van der Waals surface area (Å²) >= 11 is 0. The molecule has 0 aliphatic heterocycles. The maximum Gasteiger partial charge on any atom is 0.121 e. The van der Waals surface area contributed by atoms with E-state index in [1.165, 1.54) is 0 Å². The Labute approximate surface area is 97.0 Å². The average Bonchev–Trinajstić information content (AvgIpc) is 2.35. The van der Waals surface area contributed by atoms with Gasteiger partial charge in [-0.2, -0.15) is 5.26 Å². The third kappa shape index (κ3) is 3.25. The molecule has 2 unspecified atom stereocenters. The van der Waals surface area contributed by atoms with Crippen LogP contribution in [0, 0.1) is 11.3 Å². The molecule has 16 heavy (non-hydrogen) atoms. The number of rotatable bonds is 5. The van der Waals surface area contributed by atoms with E-state index >= 15 is 0 Å². The van der Waals surface area contributed by atoms with Gasteiger partial charge in [0.25, 0.3) is 0 Å². The third-order valence-electron chi connectivity index (χ3n) is 2.64. The number of nitrogens with zero attached hydrogens (tertiary/aromatic N) is 1. The summed E-state index contributed by atoms with van der Waals surface area (Å²) in [6.45, 7) is 4.17. The van der Waals surface area contributed by atoms with E-state index in [9.17, 15) is 0 Å². The van der Waals surface area contributed by atoms with E-state index in [2.05, 4.69) is 25.2 Å². The summed E-state index contributed by atoms with van der Waals surface area (Å²) < 4.78 is 5.08. The zero-order chi connectivity index (χ0) is 12.0. The molecular formula is C13H18N2O. The topological polar surface area (TPSA) is 45.0 Å². The Morgan fingerprint density at radius 2 is 2.00 bits per heavy atom. The summed E-state index contributed by atoms with van der Waals surface area (Å²) in [5.41, 5.74) is 0.976. The first kappa shape index (κ1) is 12.5. The number of benzene rings is 1. The van der Waals surface area contributed by atoms with Crippen LogP contribution in [0.1, 0.15) is 31.9 Å². The molecule has 1 aromatic rings. The van der Waals surface area contributed by atoms with Crippen molar-refractivity contribution in [3.8, 4) is 11.8 Å². The number of nitriles is 1. The maximum absolute atomic E-state index is 9.11. The molecule has 0 saturated carbocycles. The van der Waals surface area contributed by atoms with Gasteiger partial charge in [0.2, 0.25) is 0 Å². The van der Waals surface area contributed by atoms with Gasteiger partial charge < -0.3 is 4.74 Å². The monoisotopic (exact) mass is 218 g/mol. The summed E-state index contributed by atoms with van der Waals surface area (Å²) in [5.74, 6) is 0.809. The minimum absolute atomic E-state index is 0.249. The van der Waals surface area contributed by atoms with Crippen LogP contribution in [-0.2, 0) is 0 Å². The van der Waals surface area contributed by atoms with E-state index in [0.717, 1.165) is 17.7 Å². The molecule has 2 atom stereocenters. The number of hydrogen-bond donors (Lipinski definition) is 1. The highest BCUT2D eigenvalue weighted by atomic mass is 16.5. The van der Waals surface area contributed by atoms with E-state index < -0.39 is 0 Å². The molecule has 0 aliphatic rings. The average molecular weight is 218 g/mol. The minimum atomic E-state index is -0.249. The third-order valence-corrected chi connectivity index (χ3v) is 2.64. The lowest BCUT2D eigenvalue weighted by Crippen LogP contribution is -2.29. The van der Waals surface area contributed by atoms with Gasteiger partial charge in [0.15, 0.2) is 0 Å². The maximum atomic E-state index is 9.11. The van der Waals surface area contributed by atoms with Crippen LogP contribution in [0.25, 0.3) is 0 Å². The number of nitrogens with one attached hydrogen (secondary N) is 1. The van der Waals surface area contributed by atoms with Crippen LogP contribution in [0.15, 0.2) is 24.3 Å². The van der Waals surface area contributed by atoms with Gasteiger partial charge in [-0.05, 0) is 31.0 Å². The lowest BCUT2D eigenvalue weighted by atomic mass is 10.1. The zero-order valence-corrected chi connectivity index (χ0v) is 10.0. The molecule has 86 valence electrons. The van der Waals surface area contributed by atoms with Crippen molar-refractivity contribution in [2.45, 2.75) is 32.4 Å². The van der Waals surface area contributed by atoms with Gasteiger partial charge in [0.05, 0.1) is 13.2 Å². The molecule has 3 heteroatoms. The lowest BCUT2D eigenvalue weighted by Gasteiger charge is -2.17. The van der Waals surface area contributed by atoms with Crippen LogP contribution in [0.4, 0.5) is 0 Å². The highest BCUT2D eigenvalue weighted by Crippen LogP contribution is 2.17. The first-order valence-corrected chi connectivity index (χ1v) is 5.50. The molecule has 0 heterocycles. The van der Waals surface area contributed by atoms with E-state index in [-0.39, 0.29) is 6.04 Å². The van der Waals surface area contributed by atoms with E-state index in [1.54, 1.807) is 7.11 Å². The normalized spacial score (nSPS) is 13.9. The molecule has 1 N–H and O–H groups in total. The van der Waals surface area contributed by atoms with Crippen molar-refractivity contribution >= 4 is 0 Å². The molecule has 0 aliphatic carbocycles. The quantitative estimate of drug-likeness (QED) is 0.826. The Balaban J connectivity index is 2.76. The predicted octanol–water partition coefficient (Wildman–Crippen LogP) is 2.65. The molecule has 0 spiro atoms. The first-order chi connectivity index (χ1) is 7.71. The Morgan fingerprint density at radius 1 is 1.38 bits per heavy atom. The molecule has 1 aromatic carbocycles. The van der Waals surface area contributed by atoms with Gasteiger partial charge in [-0.3, -0.25) is 5.32 Å². The lowest BCUT2D eigenvalue weighted by molar-refractivity contribution is 0.414. The molecule has 0 aromatic heterocycles. The van der Waals surface area contributed by atoms with Gasteiger partial charge in [-0.15, -0.1) is 0 Å². The van der Waals surface area contributed by atoms with Gasteiger partial charge >= 0.3 is 0 Å². The smallest absolute Gasteiger partial charge is 0.121 e. The van der Waals surface area contributed by atoms with Crippen LogP contribution in [0.2, 0.25) is 0 Å². The molecular weight excluding hydrogens is 200 g/mol. The number of ether oxygens (including phenoxy) is 1. The highest BCUT2D eigenvalue weighted by Gasteiger charge is 2.12. The van der Waals surface area contributed by atoms with Crippen molar-refractivity contribution in [3.63, 3.8) is 0 Å². The van der Waals surface area contributed by atoms with Gasteiger partial charge in [-0.25, -0.2) is 0 Å². The van der Waals surface area contributed by atoms with Crippen LogP contribution in [0.3, 0.4) is 0 Å². The van der Waals surface area contributed by atoms with E-state index in [0.29, 0.717) is 6.04 Å². The largest absolute Gasteiger partial charge is 0.497 e. The molecule has 3 nitrogen and oxygen atoms in total. The van der Waals surface area contributed by atoms with E-state index in [4.69, 9.17) is 10.00 Å². The van der Waals surface area contributed by atoms with Crippen molar-refractivity contribution in [3.05, 3.63) is 29.8 Å². The summed E-state index contributed by atoms with van der Waals surface area (Å²) in [6, 6.07) is 9.94. The Hall–Kier alpha value is -1.53.